The van der Waals surface area contributed by atoms with Gasteiger partial charge in [0.05, 0.1) is 5.56 Å². The summed E-state index contributed by atoms with van der Waals surface area (Å²) in [6.07, 6.45) is -1.70. The van der Waals surface area contributed by atoms with Crippen molar-refractivity contribution in [3.63, 3.8) is 0 Å². The highest BCUT2D eigenvalue weighted by molar-refractivity contribution is 5.48. The zero-order valence-corrected chi connectivity index (χ0v) is 12.5. The fraction of sp³-hybridized carbons (Fsp3) is 0.625. The van der Waals surface area contributed by atoms with E-state index in [1.165, 1.54) is 6.07 Å². The van der Waals surface area contributed by atoms with E-state index in [0.29, 0.717) is 11.6 Å². The van der Waals surface area contributed by atoms with Crippen LogP contribution < -0.4 is 5.32 Å². The van der Waals surface area contributed by atoms with Gasteiger partial charge in [-0.25, -0.2) is 4.39 Å². The summed E-state index contributed by atoms with van der Waals surface area (Å²) in [5.41, 5.74) is -0.603. The van der Waals surface area contributed by atoms with Gasteiger partial charge in [0.15, 0.2) is 0 Å². The molecule has 1 nitrogen and oxygen atoms in total. The van der Waals surface area contributed by atoms with Gasteiger partial charge in [0.1, 0.15) is 5.82 Å². The topological polar surface area (TPSA) is 12.0 Å². The van der Waals surface area contributed by atoms with E-state index in [1.54, 1.807) is 0 Å². The number of anilines is 1. The molecule has 118 valence electrons. The van der Waals surface area contributed by atoms with Crippen molar-refractivity contribution in [3.8, 4) is 0 Å². The minimum atomic E-state index is -4.66. The summed E-state index contributed by atoms with van der Waals surface area (Å²) in [6.45, 7) is 6.52. The zero-order chi connectivity index (χ0) is 15.8. The molecule has 0 heterocycles. The normalized spacial score (nSPS) is 25.7. The van der Waals surface area contributed by atoms with Crippen LogP contribution in [0.15, 0.2) is 18.2 Å². The predicted octanol–water partition coefficient (Wildman–Crippen LogP) is 5.47. The summed E-state index contributed by atoms with van der Waals surface area (Å²) in [7, 11) is 0. The van der Waals surface area contributed by atoms with Crippen LogP contribution in [0.1, 0.15) is 45.6 Å². The second-order valence-electron chi connectivity index (χ2n) is 6.83. The largest absolute Gasteiger partial charge is 0.419 e. The molecule has 1 aliphatic rings. The molecule has 0 saturated heterocycles. The number of alkyl halides is 3. The smallest absolute Gasteiger partial charge is 0.382 e. The van der Waals surface area contributed by atoms with Gasteiger partial charge in [0.25, 0.3) is 0 Å². The molecule has 2 unspecified atom stereocenters. The molecular formula is C16H21F4N. The first-order valence-electron chi connectivity index (χ1n) is 7.22. The van der Waals surface area contributed by atoms with E-state index < -0.39 is 17.6 Å². The van der Waals surface area contributed by atoms with Gasteiger partial charge >= 0.3 is 6.18 Å². The third-order valence-electron chi connectivity index (χ3n) is 4.32. The standard InChI is InChI=1S/C16H21F4N/c1-10-9-15(2,3)7-6-14(10)21-11-4-5-13(17)12(8-11)16(18,19)20/h4-5,8,10,14,21H,6-7,9H2,1-3H3. The highest BCUT2D eigenvalue weighted by Gasteiger charge is 2.35. The van der Waals surface area contributed by atoms with Crippen LogP contribution in [0, 0.1) is 17.2 Å². The van der Waals surface area contributed by atoms with Crippen LogP contribution in [0.2, 0.25) is 0 Å². The van der Waals surface area contributed by atoms with E-state index in [1.807, 2.05) is 0 Å². The number of hydrogen-bond donors (Lipinski definition) is 1. The second-order valence-corrected chi connectivity index (χ2v) is 6.83. The summed E-state index contributed by atoms with van der Waals surface area (Å²) >= 11 is 0. The summed E-state index contributed by atoms with van der Waals surface area (Å²) < 4.78 is 51.4. The molecule has 1 aliphatic carbocycles. The van der Waals surface area contributed by atoms with Gasteiger partial charge in [0, 0.05) is 11.7 Å². The monoisotopic (exact) mass is 303 g/mol. The quantitative estimate of drug-likeness (QED) is 0.714. The van der Waals surface area contributed by atoms with Crippen LogP contribution in [-0.4, -0.2) is 6.04 Å². The Bertz CT molecular complexity index is 507. The van der Waals surface area contributed by atoms with E-state index >= 15 is 0 Å². The lowest BCUT2D eigenvalue weighted by Gasteiger charge is -2.40. The minimum absolute atomic E-state index is 0.129. The number of halogens is 4. The highest BCUT2D eigenvalue weighted by atomic mass is 19.4. The number of benzene rings is 1. The van der Waals surface area contributed by atoms with Gasteiger partial charge in [-0.15, -0.1) is 0 Å². The van der Waals surface area contributed by atoms with E-state index in [-0.39, 0.29) is 11.5 Å². The molecule has 0 bridgehead atoms. The first-order valence-corrected chi connectivity index (χ1v) is 7.22. The lowest BCUT2D eigenvalue weighted by Crippen LogP contribution is -2.36. The maximum atomic E-state index is 13.3. The number of hydrogen-bond acceptors (Lipinski definition) is 1. The Kier molecular flexibility index (Phi) is 4.22. The third kappa shape index (κ3) is 3.89. The van der Waals surface area contributed by atoms with Gasteiger partial charge in [-0.1, -0.05) is 20.8 Å². The first kappa shape index (κ1) is 16.1. The zero-order valence-electron chi connectivity index (χ0n) is 12.5. The van der Waals surface area contributed by atoms with Gasteiger partial charge in [-0.05, 0) is 48.8 Å². The Morgan fingerprint density at radius 3 is 2.48 bits per heavy atom. The summed E-state index contributed by atoms with van der Waals surface area (Å²) in [4.78, 5) is 0. The van der Waals surface area contributed by atoms with Crippen molar-refractivity contribution >= 4 is 5.69 Å². The van der Waals surface area contributed by atoms with Crippen molar-refractivity contribution in [2.45, 2.75) is 52.3 Å². The third-order valence-corrected chi connectivity index (χ3v) is 4.32. The van der Waals surface area contributed by atoms with E-state index in [4.69, 9.17) is 0 Å². The Morgan fingerprint density at radius 2 is 1.90 bits per heavy atom. The maximum absolute atomic E-state index is 13.3. The second kappa shape index (κ2) is 5.50. The van der Waals surface area contributed by atoms with Crippen molar-refractivity contribution in [2.75, 3.05) is 5.32 Å². The molecule has 0 aromatic heterocycles. The Hall–Kier alpha value is -1.26. The molecule has 1 saturated carbocycles. The molecule has 0 amide bonds. The molecule has 0 radical (unpaired) electrons. The Balaban J connectivity index is 2.14. The summed E-state index contributed by atoms with van der Waals surface area (Å²) in [6, 6.07) is 3.24. The highest BCUT2D eigenvalue weighted by Crippen LogP contribution is 2.40. The van der Waals surface area contributed by atoms with Crippen LogP contribution in [0.25, 0.3) is 0 Å². The molecule has 21 heavy (non-hydrogen) atoms. The van der Waals surface area contributed by atoms with Crippen molar-refractivity contribution in [1.29, 1.82) is 0 Å². The van der Waals surface area contributed by atoms with E-state index in [0.717, 1.165) is 31.4 Å². The van der Waals surface area contributed by atoms with Crippen molar-refractivity contribution in [1.82, 2.24) is 0 Å². The van der Waals surface area contributed by atoms with Gasteiger partial charge in [0.2, 0.25) is 0 Å². The lowest BCUT2D eigenvalue weighted by molar-refractivity contribution is -0.139. The van der Waals surface area contributed by atoms with Crippen LogP contribution in [0.4, 0.5) is 23.2 Å². The summed E-state index contributed by atoms with van der Waals surface area (Å²) in [5, 5.41) is 3.14. The lowest BCUT2D eigenvalue weighted by atomic mass is 9.70. The Morgan fingerprint density at radius 1 is 1.24 bits per heavy atom. The molecule has 2 atom stereocenters. The Labute approximate surface area is 122 Å². The molecule has 2 rings (SSSR count). The molecule has 0 aliphatic heterocycles. The van der Waals surface area contributed by atoms with Crippen LogP contribution >= 0.6 is 0 Å². The summed E-state index contributed by atoms with van der Waals surface area (Å²) in [5.74, 6) is -0.862. The first-order chi connectivity index (χ1) is 9.58. The van der Waals surface area contributed by atoms with Crippen LogP contribution in [0.5, 0.6) is 0 Å². The fourth-order valence-electron chi connectivity index (χ4n) is 3.21. The van der Waals surface area contributed by atoms with Crippen molar-refractivity contribution in [3.05, 3.63) is 29.6 Å². The van der Waals surface area contributed by atoms with Crippen molar-refractivity contribution < 1.29 is 17.6 Å². The molecule has 5 heteroatoms. The van der Waals surface area contributed by atoms with E-state index in [9.17, 15) is 17.6 Å². The van der Waals surface area contributed by atoms with Crippen LogP contribution in [0.3, 0.4) is 0 Å². The molecule has 1 aromatic carbocycles. The number of nitrogens with one attached hydrogen (secondary N) is 1. The molecule has 0 spiro atoms. The average molecular weight is 303 g/mol. The minimum Gasteiger partial charge on any atom is -0.382 e. The predicted molar refractivity (Wildman–Crippen MR) is 75.6 cm³/mol. The van der Waals surface area contributed by atoms with Crippen LogP contribution in [-0.2, 0) is 6.18 Å². The van der Waals surface area contributed by atoms with Gasteiger partial charge in [-0.2, -0.15) is 13.2 Å². The fourth-order valence-corrected chi connectivity index (χ4v) is 3.21. The maximum Gasteiger partial charge on any atom is 0.419 e. The van der Waals surface area contributed by atoms with E-state index in [2.05, 4.69) is 26.1 Å². The van der Waals surface area contributed by atoms with Crippen molar-refractivity contribution in [2.24, 2.45) is 11.3 Å². The SMILES string of the molecule is CC1CC(C)(C)CCC1Nc1ccc(F)c(C(F)(F)F)c1. The number of rotatable bonds is 2. The molecule has 1 N–H and O–H groups in total. The molecular weight excluding hydrogens is 282 g/mol. The van der Waals surface area contributed by atoms with Gasteiger partial charge in [-0.3, -0.25) is 0 Å². The molecule has 1 fully saturated rings. The molecule has 1 aromatic rings. The van der Waals surface area contributed by atoms with Gasteiger partial charge < -0.3 is 5.32 Å². The average Bonchev–Trinajstić information content (AvgIpc) is 2.33.